The van der Waals surface area contributed by atoms with Gasteiger partial charge in [0.1, 0.15) is 5.82 Å². The fourth-order valence-corrected chi connectivity index (χ4v) is 2.41. The second-order valence-corrected chi connectivity index (χ2v) is 5.13. The summed E-state index contributed by atoms with van der Waals surface area (Å²) in [5.41, 5.74) is 1.64. The second kappa shape index (κ2) is 5.31. The highest BCUT2D eigenvalue weighted by atomic mass is 19.1. The van der Waals surface area contributed by atoms with Crippen molar-refractivity contribution in [2.45, 2.75) is 13.8 Å². The summed E-state index contributed by atoms with van der Waals surface area (Å²) >= 11 is 0. The summed E-state index contributed by atoms with van der Waals surface area (Å²) < 4.78 is 14.9. The lowest BCUT2D eigenvalue weighted by atomic mass is 10.2. The molecule has 7 nitrogen and oxygen atoms in total. The molecule has 0 saturated heterocycles. The lowest BCUT2D eigenvalue weighted by molar-refractivity contribution is 0.194. The van der Waals surface area contributed by atoms with Gasteiger partial charge < -0.3 is 10.0 Å². The van der Waals surface area contributed by atoms with E-state index in [0.717, 1.165) is 16.3 Å². The summed E-state index contributed by atoms with van der Waals surface area (Å²) in [6.45, 7) is 3.40. The van der Waals surface area contributed by atoms with Crippen molar-refractivity contribution in [2.24, 2.45) is 0 Å². The Morgan fingerprint density at radius 3 is 2.78 bits per heavy atom. The van der Waals surface area contributed by atoms with Crippen molar-refractivity contribution in [2.75, 3.05) is 11.9 Å². The van der Waals surface area contributed by atoms with Gasteiger partial charge in [0.2, 0.25) is 0 Å². The Kier molecular flexibility index (Phi) is 3.44. The normalized spacial score (nSPS) is 11.0. The van der Waals surface area contributed by atoms with E-state index in [0.29, 0.717) is 22.7 Å². The van der Waals surface area contributed by atoms with Crippen LogP contribution in [0.1, 0.15) is 11.5 Å². The van der Waals surface area contributed by atoms with Crippen LogP contribution in [0.2, 0.25) is 0 Å². The Labute approximate surface area is 131 Å². The number of carboxylic acid groups (broad SMARTS) is 1. The van der Waals surface area contributed by atoms with E-state index in [9.17, 15) is 14.3 Å². The van der Waals surface area contributed by atoms with Gasteiger partial charge in [0.25, 0.3) is 0 Å². The van der Waals surface area contributed by atoms with E-state index in [1.807, 2.05) is 0 Å². The molecule has 0 bridgehead atoms. The maximum absolute atomic E-state index is 14.0. The molecular weight excluding hydrogens is 301 g/mol. The highest BCUT2D eigenvalue weighted by molar-refractivity contribution is 5.91. The highest BCUT2D eigenvalue weighted by Crippen LogP contribution is 2.28. The second-order valence-electron chi connectivity index (χ2n) is 5.13. The van der Waals surface area contributed by atoms with Gasteiger partial charge in [-0.1, -0.05) is 0 Å². The van der Waals surface area contributed by atoms with E-state index in [-0.39, 0.29) is 5.82 Å². The van der Waals surface area contributed by atoms with Crippen LogP contribution in [0, 0.1) is 19.7 Å². The van der Waals surface area contributed by atoms with E-state index < -0.39 is 11.9 Å². The predicted octanol–water partition coefficient (Wildman–Crippen LogP) is 2.88. The molecule has 2 heterocycles. The lowest BCUT2D eigenvalue weighted by Crippen LogP contribution is -2.15. The topological polar surface area (TPSA) is 84.1 Å². The fourth-order valence-electron chi connectivity index (χ4n) is 2.41. The Bertz CT molecular complexity index is 922. The van der Waals surface area contributed by atoms with Crippen molar-refractivity contribution < 1.29 is 14.3 Å². The van der Waals surface area contributed by atoms with Gasteiger partial charge in [0.15, 0.2) is 11.6 Å². The van der Waals surface area contributed by atoms with Gasteiger partial charge >= 0.3 is 6.09 Å². The van der Waals surface area contributed by atoms with Gasteiger partial charge in [-0.25, -0.2) is 19.2 Å². The minimum Gasteiger partial charge on any atom is -0.463 e. The van der Waals surface area contributed by atoms with Crippen molar-refractivity contribution >= 4 is 28.5 Å². The van der Waals surface area contributed by atoms with Crippen LogP contribution in [0.5, 0.6) is 0 Å². The third-order valence-corrected chi connectivity index (χ3v) is 3.58. The third kappa shape index (κ3) is 2.48. The summed E-state index contributed by atoms with van der Waals surface area (Å²) in [6.07, 6.45) is -0.0646. The number of halogens is 1. The molecule has 0 amide bonds. The number of aromatic nitrogens is 4. The molecule has 0 spiro atoms. The van der Waals surface area contributed by atoms with Crippen LogP contribution >= 0.6 is 0 Å². The van der Waals surface area contributed by atoms with E-state index in [4.69, 9.17) is 0 Å². The molecule has 0 aliphatic heterocycles. The molecule has 2 aromatic heterocycles. The minimum atomic E-state index is -1.17. The van der Waals surface area contributed by atoms with Crippen molar-refractivity contribution in [3.63, 3.8) is 0 Å². The molecule has 0 fully saturated rings. The van der Waals surface area contributed by atoms with Crippen LogP contribution in [0.25, 0.3) is 10.9 Å². The molecule has 8 heteroatoms. The SMILES string of the molecule is Cc1ncc(F)c(N(C)c2ccc3c(C)nn(C(=O)O)c3c2)n1. The van der Waals surface area contributed by atoms with Gasteiger partial charge in [-0.3, -0.25) is 0 Å². The van der Waals surface area contributed by atoms with E-state index >= 15 is 0 Å². The molecule has 118 valence electrons. The summed E-state index contributed by atoms with van der Waals surface area (Å²) in [4.78, 5) is 20.7. The molecule has 0 aliphatic carbocycles. The van der Waals surface area contributed by atoms with Crippen LogP contribution in [0.3, 0.4) is 0 Å². The number of benzene rings is 1. The summed E-state index contributed by atoms with van der Waals surface area (Å²) in [7, 11) is 1.65. The number of anilines is 2. The maximum atomic E-state index is 14.0. The first-order valence-electron chi connectivity index (χ1n) is 6.84. The molecule has 0 aliphatic rings. The first kappa shape index (κ1) is 14.9. The molecule has 0 saturated carbocycles. The molecule has 1 N–H and O–H groups in total. The standard InChI is InChI=1S/C15H14FN5O2/c1-8-11-5-4-10(6-13(11)21(19-8)15(22)23)20(3)14-12(16)7-17-9(2)18-14/h4-7H,1-3H3,(H,22,23). The first-order valence-corrected chi connectivity index (χ1v) is 6.84. The average molecular weight is 315 g/mol. The van der Waals surface area contributed by atoms with Crippen LogP contribution in [-0.2, 0) is 0 Å². The van der Waals surface area contributed by atoms with Gasteiger partial charge in [-0.15, -0.1) is 0 Å². The molecule has 3 aromatic rings. The fraction of sp³-hybridized carbons (Fsp3) is 0.200. The van der Waals surface area contributed by atoms with Gasteiger partial charge in [0, 0.05) is 18.1 Å². The van der Waals surface area contributed by atoms with Gasteiger partial charge in [-0.05, 0) is 32.0 Å². The van der Waals surface area contributed by atoms with Crippen molar-refractivity contribution in [1.29, 1.82) is 0 Å². The Morgan fingerprint density at radius 2 is 2.09 bits per heavy atom. The molecule has 0 unspecified atom stereocenters. The van der Waals surface area contributed by atoms with E-state index in [1.165, 1.54) is 4.90 Å². The number of fused-ring (bicyclic) bond motifs is 1. The average Bonchev–Trinajstić information content (AvgIpc) is 2.86. The summed E-state index contributed by atoms with van der Waals surface area (Å²) in [5.74, 6) is 0.0110. The number of aryl methyl sites for hydroxylation is 2. The highest BCUT2D eigenvalue weighted by Gasteiger charge is 2.16. The number of rotatable bonds is 2. The van der Waals surface area contributed by atoms with Crippen molar-refractivity contribution in [1.82, 2.24) is 19.7 Å². The van der Waals surface area contributed by atoms with Crippen LogP contribution in [0.4, 0.5) is 20.7 Å². The summed E-state index contributed by atoms with van der Waals surface area (Å²) in [6, 6.07) is 5.16. The number of hydrogen-bond donors (Lipinski definition) is 1. The Morgan fingerprint density at radius 1 is 1.35 bits per heavy atom. The van der Waals surface area contributed by atoms with Crippen LogP contribution in [0.15, 0.2) is 24.4 Å². The largest absolute Gasteiger partial charge is 0.463 e. The van der Waals surface area contributed by atoms with Crippen molar-refractivity contribution in [3.05, 3.63) is 41.7 Å². The van der Waals surface area contributed by atoms with Gasteiger partial charge in [-0.2, -0.15) is 9.78 Å². The number of nitrogens with zero attached hydrogens (tertiary/aromatic N) is 5. The number of hydrogen-bond acceptors (Lipinski definition) is 5. The number of carbonyl (C=O) groups is 1. The molecule has 23 heavy (non-hydrogen) atoms. The first-order chi connectivity index (χ1) is 10.9. The van der Waals surface area contributed by atoms with E-state index in [1.54, 1.807) is 39.1 Å². The lowest BCUT2D eigenvalue weighted by Gasteiger charge is -2.19. The van der Waals surface area contributed by atoms with E-state index in [2.05, 4.69) is 15.1 Å². The molecule has 3 rings (SSSR count). The minimum absolute atomic E-state index is 0.120. The van der Waals surface area contributed by atoms with Crippen molar-refractivity contribution in [3.8, 4) is 0 Å². The smallest absolute Gasteiger partial charge is 0.432 e. The zero-order chi connectivity index (χ0) is 16.7. The zero-order valence-corrected chi connectivity index (χ0v) is 12.8. The Hall–Kier alpha value is -3.03. The molecular formula is C15H14FN5O2. The van der Waals surface area contributed by atoms with Crippen LogP contribution < -0.4 is 4.90 Å². The van der Waals surface area contributed by atoms with Crippen LogP contribution in [-0.4, -0.2) is 38.0 Å². The maximum Gasteiger partial charge on any atom is 0.432 e. The summed E-state index contributed by atoms with van der Waals surface area (Å²) in [5, 5.41) is 13.9. The Balaban J connectivity index is 2.14. The molecule has 0 radical (unpaired) electrons. The predicted molar refractivity (Wildman–Crippen MR) is 82.7 cm³/mol. The quantitative estimate of drug-likeness (QED) is 0.783. The monoisotopic (exact) mass is 315 g/mol. The zero-order valence-electron chi connectivity index (χ0n) is 12.8. The molecule has 1 aromatic carbocycles. The third-order valence-electron chi connectivity index (χ3n) is 3.58. The van der Waals surface area contributed by atoms with Gasteiger partial charge in [0.05, 0.1) is 17.4 Å². The molecule has 0 atom stereocenters.